The summed E-state index contributed by atoms with van der Waals surface area (Å²) in [6.45, 7) is 2.04. The van der Waals surface area contributed by atoms with Gasteiger partial charge in [0.15, 0.2) is 5.65 Å². The molecule has 1 aromatic carbocycles. The van der Waals surface area contributed by atoms with Crippen LogP contribution >= 0.6 is 0 Å². The molecule has 0 atom stereocenters. The molecule has 1 fully saturated rings. The predicted molar refractivity (Wildman–Crippen MR) is 81.4 cm³/mol. The smallest absolute Gasteiger partial charge is 0.271 e. The zero-order chi connectivity index (χ0) is 15.1. The van der Waals surface area contributed by atoms with E-state index in [1.807, 2.05) is 31.2 Å². The average Bonchev–Trinajstić information content (AvgIpc) is 3.20. The largest absolute Gasteiger partial charge is 0.348 e. The molecule has 0 saturated heterocycles. The van der Waals surface area contributed by atoms with E-state index in [-0.39, 0.29) is 5.91 Å². The predicted octanol–water partition coefficient (Wildman–Crippen LogP) is 1.99. The Hall–Kier alpha value is -2.76. The molecule has 0 spiro atoms. The number of hydrogen-bond donors (Lipinski definition) is 1. The number of benzene rings is 1. The lowest BCUT2D eigenvalue weighted by atomic mass is 10.0. The third-order valence-electron chi connectivity index (χ3n) is 3.78. The molecule has 2 aromatic heterocycles. The Morgan fingerprint density at radius 3 is 2.77 bits per heavy atom. The van der Waals surface area contributed by atoms with Gasteiger partial charge in [-0.25, -0.2) is 0 Å². The minimum atomic E-state index is -0.147. The van der Waals surface area contributed by atoms with Gasteiger partial charge in [-0.05, 0) is 31.4 Å². The van der Waals surface area contributed by atoms with E-state index in [1.54, 1.807) is 10.6 Å². The third-order valence-corrected chi connectivity index (χ3v) is 3.78. The van der Waals surface area contributed by atoms with Crippen molar-refractivity contribution in [1.29, 1.82) is 0 Å². The lowest BCUT2D eigenvalue weighted by Crippen LogP contribution is -2.27. The highest BCUT2D eigenvalue weighted by Gasteiger charge is 2.25. The molecule has 0 bridgehead atoms. The zero-order valence-electron chi connectivity index (χ0n) is 12.2. The monoisotopic (exact) mass is 293 g/mol. The van der Waals surface area contributed by atoms with Gasteiger partial charge in [-0.15, -0.1) is 10.2 Å². The number of aromatic nitrogens is 4. The fourth-order valence-electron chi connectivity index (χ4n) is 2.37. The van der Waals surface area contributed by atoms with Crippen molar-refractivity contribution in [1.82, 2.24) is 25.1 Å². The summed E-state index contributed by atoms with van der Waals surface area (Å²) in [6, 6.07) is 10.2. The summed E-state index contributed by atoms with van der Waals surface area (Å²) in [5.74, 6) is -0.147. The number of nitrogens with zero attached hydrogens (tertiary/aromatic N) is 4. The maximum atomic E-state index is 12.3. The summed E-state index contributed by atoms with van der Waals surface area (Å²) in [5.41, 5.74) is 4.06. The molecular formula is C16H15N5O. The number of nitrogens with one attached hydrogen (secondary N) is 1. The second-order valence-corrected chi connectivity index (χ2v) is 5.66. The first-order valence-corrected chi connectivity index (χ1v) is 7.30. The standard InChI is InChI=1S/C16H15N5O/c1-10-2-4-11(5-3-10)13-8-14(16(22)18-12-6-7-12)20-21-9-17-19-15(13)21/h2-5,8-9,12H,6-7H2,1H3,(H,18,22). The minimum absolute atomic E-state index is 0.147. The van der Waals surface area contributed by atoms with Crippen molar-refractivity contribution in [2.45, 2.75) is 25.8 Å². The van der Waals surface area contributed by atoms with E-state index in [9.17, 15) is 4.79 Å². The van der Waals surface area contributed by atoms with Crippen LogP contribution < -0.4 is 5.32 Å². The second-order valence-electron chi connectivity index (χ2n) is 5.66. The molecule has 0 aliphatic heterocycles. The molecule has 1 saturated carbocycles. The minimum Gasteiger partial charge on any atom is -0.348 e. The van der Waals surface area contributed by atoms with Crippen LogP contribution in [0, 0.1) is 6.92 Å². The molecule has 22 heavy (non-hydrogen) atoms. The lowest BCUT2D eigenvalue weighted by Gasteiger charge is -2.07. The summed E-state index contributed by atoms with van der Waals surface area (Å²) >= 11 is 0. The highest BCUT2D eigenvalue weighted by Crippen LogP contribution is 2.25. The summed E-state index contributed by atoms with van der Waals surface area (Å²) < 4.78 is 1.55. The van der Waals surface area contributed by atoms with Crippen LogP contribution in [0.25, 0.3) is 16.8 Å². The van der Waals surface area contributed by atoms with Gasteiger partial charge in [0.05, 0.1) is 0 Å². The van der Waals surface area contributed by atoms with Gasteiger partial charge in [0.1, 0.15) is 12.0 Å². The average molecular weight is 293 g/mol. The van der Waals surface area contributed by atoms with Crippen molar-refractivity contribution in [3.8, 4) is 11.1 Å². The van der Waals surface area contributed by atoms with Crippen LogP contribution in [0.2, 0.25) is 0 Å². The summed E-state index contributed by atoms with van der Waals surface area (Å²) in [5, 5.41) is 15.3. The highest BCUT2D eigenvalue weighted by molar-refractivity contribution is 5.95. The third kappa shape index (κ3) is 2.32. The van der Waals surface area contributed by atoms with Gasteiger partial charge in [0.25, 0.3) is 5.91 Å². The van der Waals surface area contributed by atoms with Gasteiger partial charge in [-0.3, -0.25) is 4.79 Å². The fraction of sp³-hybridized carbons (Fsp3) is 0.250. The van der Waals surface area contributed by atoms with E-state index in [2.05, 4.69) is 20.6 Å². The number of rotatable bonds is 3. The van der Waals surface area contributed by atoms with Gasteiger partial charge in [-0.1, -0.05) is 29.8 Å². The fourth-order valence-corrected chi connectivity index (χ4v) is 2.37. The quantitative estimate of drug-likeness (QED) is 0.801. The summed E-state index contributed by atoms with van der Waals surface area (Å²) in [4.78, 5) is 12.3. The van der Waals surface area contributed by atoms with Crippen molar-refractivity contribution < 1.29 is 4.79 Å². The van der Waals surface area contributed by atoms with Gasteiger partial charge in [0, 0.05) is 11.6 Å². The van der Waals surface area contributed by atoms with E-state index < -0.39 is 0 Å². The van der Waals surface area contributed by atoms with Crippen LogP contribution in [-0.4, -0.2) is 31.8 Å². The van der Waals surface area contributed by atoms with Gasteiger partial charge in [-0.2, -0.15) is 9.61 Å². The Balaban J connectivity index is 1.82. The first-order chi connectivity index (χ1) is 10.7. The van der Waals surface area contributed by atoms with Crippen LogP contribution in [0.5, 0.6) is 0 Å². The van der Waals surface area contributed by atoms with Crippen molar-refractivity contribution in [3.05, 3.63) is 47.9 Å². The molecule has 1 amide bonds. The highest BCUT2D eigenvalue weighted by atomic mass is 16.2. The molecule has 4 rings (SSSR count). The molecule has 3 aromatic rings. The Kier molecular flexibility index (Phi) is 2.89. The van der Waals surface area contributed by atoms with E-state index in [1.165, 1.54) is 11.9 Å². The Morgan fingerprint density at radius 2 is 2.05 bits per heavy atom. The van der Waals surface area contributed by atoms with E-state index in [0.29, 0.717) is 17.4 Å². The Bertz CT molecular complexity index is 849. The molecule has 6 heteroatoms. The molecular weight excluding hydrogens is 278 g/mol. The van der Waals surface area contributed by atoms with Gasteiger partial charge >= 0.3 is 0 Å². The summed E-state index contributed by atoms with van der Waals surface area (Å²) in [6.07, 6.45) is 3.61. The van der Waals surface area contributed by atoms with E-state index in [4.69, 9.17) is 0 Å². The van der Waals surface area contributed by atoms with Crippen LogP contribution in [0.1, 0.15) is 28.9 Å². The van der Waals surface area contributed by atoms with Crippen molar-refractivity contribution in [3.63, 3.8) is 0 Å². The Morgan fingerprint density at radius 1 is 1.27 bits per heavy atom. The number of carbonyl (C=O) groups excluding carboxylic acids is 1. The molecule has 0 radical (unpaired) electrons. The number of hydrogen-bond acceptors (Lipinski definition) is 4. The first-order valence-electron chi connectivity index (χ1n) is 7.30. The van der Waals surface area contributed by atoms with Crippen LogP contribution in [0.4, 0.5) is 0 Å². The van der Waals surface area contributed by atoms with Crippen LogP contribution in [-0.2, 0) is 0 Å². The molecule has 1 aliphatic carbocycles. The van der Waals surface area contributed by atoms with Crippen LogP contribution in [0.3, 0.4) is 0 Å². The Labute approximate surface area is 127 Å². The molecule has 2 heterocycles. The maximum absolute atomic E-state index is 12.3. The maximum Gasteiger partial charge on any atom is 0.271 e. The van der Waals surface area contributed by atoms with Gasteiger partial charge in [0.2, 0.25) is 0 Å². The first kappa shape index (κ1) is 12.9. The normalized spacial score (nSPS) is 14.2. The number of amides is 1. The van der Waals surface area contributed by atoms with E-state index >= 15 is 0 Å². The molecule has 0 unspecified atom stereocenters. The topological polar surface area (TPSA) is 72.2 Å². The van der Waals surface area contributed by atoms with Crippen molar-refractivity contribution in [2.24, 2.45) is 0 Å². The lowest BCUT2D eigenvalue weighted by molar-refractivity contribution is 0.0945. The molecule has 1 aliphatic rings. The SMILES string of the molecule is Cc1ccc(-c2cc(C(=O)NC3CC3)nn3cnnc23)cc1. The second kappa shape index (κ2) is 4.91. The number of carbonyl (C=O) groups is 1. The van der Waals surface area contributed by atoms with Crippen molar-refractivity contribution in [2.75, 3.05) is 0 Å². The van der Waals surface area contributed by atoms with Crippen molar-refractivity contribution >= 4 is 11.6 Å². The molecule has 1 N–H and O–H groups in total. The summed E-state index contributed by atoms with van der Waals surface area (Å²) in [7, 11) is 0. The zero-order valence-corrected chi connectivity index (χ0v) is 12.2. The molecule has 6 nitrogen and oxygen atoms in total. The van der Waals surface area contributed by atoms with Crippen LogP contribution in [0.15, 0.2) is 36.7 Å². The van der Waals surface area contributed by atoms with Gasteiger partial charge < -0.3 is 5.32 Å². The van der Waals surface area contributed by atoms with E-state index in [0.717, 1.165) is 24.0 Å². The number of fused-ring (bicyclic) bond motifs is 1. The number of aryl methyl sites for hydroxylation is 1. The molecule has 110 valence electrons.